The maximum absolute atomic E-state index is 11.4. The SMILES string of the molecule is CCCCCC(C(=O)O)c1ccccc1.CCCCCOC(=O)Cc1ccccc1. The van der Waals surface area contributed by atoms with Gasteiger partial charge in [0.2, 0.25) is 0 Å². The maximum atomic E-state index is 11.4. The third kappa shape index (κ3) is 11.4. The third-order valence-corrected chi connectivity index (χ3v) is 4.80. The molecule has 164 valence electrons. The number of rotatable bonds is 12. The van der Waals surface area contributed by atoms with Crippen LogP contribution in [0.25, 0.3) is 0 Å². The second-order valence-electron chi connectivity index (χ2n) is 7.39. The lowest BCUT2D eigenvalue weighted by molar-refractivity contribution is -0.143. The molecule has 2 aromatic rings. The van der Waals surface area contributed by atoms with E-state index in [1.807, 2.05) is 60.7 Å². The summed E-state index contributed by atoms with van der Waals surface area (Å²) in [6.07, 6.45) is 7.59. The van der Waals surface area contributed by atoms with Crippen molar-refractivity contribution in [2.75, 3.05) is 6.61 Å². The van der Waals surface area contributed by atoms with Crippen LogP contribution >= 0.6 is 0 Å². The first kappa shape index (κ1) is 25.4. The number of hydrogen-bond donors (Lipinski definition) is 1. The van der Waals surface area contributed by atoms with Gasteiger partial charge in [-0.1, -0.05) is 107 Å². The van der Waals surface area contributed by atoms with Gasteiger partial charge >= 0.3 is 11.9 Å². The van der Waals surface area contributed by atoms with Gasteiger partial charge in [-0.05, 0) is 24.0 Å². The molecule has 2 aromatic carbocycles. The predicted molar refractivity (Wildman–Crippen MR) is 122 cm³/mol. The minimum Gasteiger partial charge on any atom is -0.481 e. The first-order valence-electron chi connectivity index (χ1n) is 11.1. The highest BCUT2D eigenvalue weighted by atomic mass is 16.5. The lowest BCUT2D eigenvalue weighted by Crippen LogP contribution is -2.11. The summed E-state index contributed by atoms with van der Waals surface area (Å²) in [5.74, 6) is -1.17. The second-order valence-corrected chi connectivity index (χ2v) is 7.39. The highest BCUT2D eigenvalue weighted by molar-refractivity contribution is 5.76. The molecular weight excluding hydrogens is 376 g/mol. The average Bonchev–Trinajstić information content (AvgIpc) is 2.76. The zero-order valence-electron chi connectivity index (χ0n) is 18.4. The Morgan fingerprint density at radius 3 is 1.97 bits per heavy atom. The van der Waals surface area contributed by atoms with Gasteiger partial charge in [0.25, 0.3) is 0 Å². The van der Waals surface area contributed by atoms with Crippen molar-refractivity contribution in [3.05, 3.63) is 71.8 Å². The maximum Gasteiger partial charge on any atom is 0.310 e. The van der Waals surface area contributed by atoms with Gasteiger partial charge in [-0.2, -0.15) is 0 Å². The molecule has 1 N–H and O–H groups in total. The molecule has 1 unspecified atom stereocenters. The number of unbranched alkanes of at least 4 members (excludes halogenated alkanes) is 4. The minimum atomic E-state index is -0.711. The standard InChI is InChI=1S/2C13H18O2/c1-2-3-7-10-15-13(14)11-12-8-5-4-6-9-12;1-2-3-5-10-12(13(14)15)11-8-6-4-7-9-11/h4-6,8-9H,2-3,7,10-11H2,1H3;4,6-9,12H,2-3,5,10H2,1H3,(H,14,15). The van der Waals surface area contributed by atoms with Crippen molar-refractivity contribution in [3.63, 3.8) is 0 Å². The van der Waals surface area contributed by atoms with Gasteiger partial charge in [0, 0.05) is 0 Å². The van der Waals surface area contributed by atoms with Crippen molar-refractivity contribution in [2.45, 2.75) is 71.1 Å². The van der Waals surface area contributed by atoms with Crippen LogP contribution in [0.15, 0.2) is 60.7 Å². The van der Waals surface area contributed by atoms with Gasteiger partial charge in [0.1, 0.15) is 0 Å². The average molecular weight is 413 g/mol. The van der Waals surface area contributed by atoms with E-state index in [9.17, 15) is 9.59 Å². The predicted octanol–water partition coefficient (Wildman–Crippen LogP) is 6.40. The van der Waals surface area contributed by atoms with Crippen LogP contribution in [0.2, 0.25) is 0 Å². The van der Waals surface area contributed by atoms with Crippen molar-refractivity contribution in [1.29, 1.82) is 0 Å². The van der Waals surface area contributed by atoms with Gasteiger partial charge < -0.3 is 9.84 Å². The van der Waals surface area contributed by atoms with E-state index in [1.165, 1.54) is 0 Å². The monoisotopic (exact) mass is 412 g/mol. The number of aliphatic carboxylic acids is 1. The Labute approximate surface area is 181 Å². The Hall–Kier alpha value is -2.62. The summed E-state index contributed by atoms with van der Waals surface area (Å²) in [5, 5.41) is 9.13. The Morgan fingerprint density at radius 2 is 1.40 bits per heavy atom. The number of benzene rings is 2. The topological polar surface area (TPSA) is 63.6 Å². The fourth-order valence-corrected chi connectivity index (χ4v) is 3.07. The summed E-state index contributed by atoms with van der Waals surface area (Å²) >= 11 is 0. The third-order valence-electron chi connectivity index (χ3n) is 4.80. The molecular formula is C26H36O4. The summed E-state index contributed by atoms with van der Waals surface area (Å²) in [7, 11) is 0. The van der Waals surface area contributed by atoms with E-state index in [4.69, 9.17) is 9.84 Å². The van der Waals surface area contributed by atoms with Crippen LogP contribution in [0.5, 0.6) is 0 Å². The molecule has 0 aliphatic carbocycles. The Kier molecular flexibility index (Phi) is 13.7. The number of carbonyl (C=O) groups is 2. The minimum absolute atomic E-state index is 0.127. The zero-order valence-corrected chi connectivity index (χ0v) is 18.4. The molecule has 0 amide bonds. The second kappa shape index (κ2) is 16.2. The highest BCUT2D eigenvalue weighted by Crippen LogP contribution is 2.22. The molecule has 1 atom stereocenters. The quantitative estimate of drug-likeness (QED) is 0.324. The van der Waals surface area contributed by atoms with Crippen LogP contribution in [0.1, 0.15) is 75.8 Å². The summed E-state index contributed by atoms with van der Waals surface area (Å²) in [5.41, 5.74) is 1.93. The summed E-state index contributed by atoms with van der Waals surface area (Å²) in [6, 6.07) is 19.2. The van der Waals surface area contributed by atoms with E-state index in [1.54, 1.807) is 0 Å². The van der Waals surface area contributed by atoms with Gasteiger partial charge in [-0.25, -0.2) is 0 Å². The van der Waals surface area contributed by atoms with Gasteiger partial charge in [-0.3, -0.25) is 9.59 Å². The van der Waals surface area contributed by atoms with Crippen LogP contribution in [0.3, 0.4) is 0 Å². The van der Waals surface area contributed by atoms with Crippen LogP contribution in [0, 0.1) is 0 Å². The Morgan fingerprint density at radius 1 is 0.833 bits per heavy atom. The van der Waals surface area contributed by atoms with Crippen LogP contribution in [-0.2, 0) is 20.7 Å². The number of carboxylic acid groups (broad SMARTS) is 1. The number of ether oxygens (including phenoxy) is 1. The normalized spacial score (nSPS) is 11.1. The van der Waals surface area contributed by atoms with Crippen molar-refractivity contribution < 1.29 is 19.4 Å². The molecule has 0 spiro atoms. The lowest BCUT2D eigenvalue weighted by atomic mass is 9.93. The fraction of sp³-hybridized carbons (Fsp3) is 0.462. The summed E-state index contributed by atoms with van der Waals surface area (Å²) < 4.78 is 5.11. The molecule has 30 heavy (non-hydrogen) atoms. The number of carboxylic acids is 1. The van der Waals surface area contributed by atoms with Gasteiger partial charge in [0.05, 0.1) is 18.9 Å². The Bertz CT molecular complexity index is 695. The van der Waals surface area contributed by atoms with E-state index in [-0.39, 0.29) is 11.9 Å². The van der Waals surface area contributed by atoms with E-state index >= 15 is 0 Å². The summed E-state index contributed by atoms with van der Waals surface area (Å²) in [6.45, 7) is 4.81. The van der Waals surface area contributed by atoms with Crippen LogP contribution < -0.4 is 0 Å². The summed E-state index contributed by atoms with van der Waals surface area (Å²) in [4.78, 5) is 22.4. The molecule has 0 aromatic heterocycles. The number of hydrogen-bond acceptors (Lipinski definition) is 3. The molecule has 0 radical (unpaired) electrons. The van der Waals surface area contributed by atoms with Crippen molar-refractivity contribution in [1.82, 2.24) is 0 Å². The molecule has 0 aliphatic heterocycles. The highest BCUT2D eigenvalue weighted by Gasteiger charge is 2.18. The largest absolute Gasteiger partial charge is 0.481 e. The number of esters is 1. The molecule has 0 heterocycles. The fourth-order valence-electron chi connectivity index (χ4n) is 3.07. The first-order valence-corrected chi connectivity index (χ1v) is 11.1. The molecule has 2 rings (SSSR count). The molecule has 0 bridgehead atoms. The smallest absolute Gasteiger partial charge is 0.310 e. The molecule has 4 nitrogen and oxygen atoms in total. The van der Waals surface area contributed by atoms with Gasteiger partial charge in [0.15, 0.2) is 0 Å². The molecule has 4 heteroatoms. The van der Waals surface area contributed by atoms with Crippen LogP contribution in [0.4, 0.5) is 0 Å². The molecule has 0 saturated carbocycles. The van der Waals surface area contributed by atoms with Crippen molar-refractivity contribution in [2.24, 2.45) is 0 Å². The number of carbonyl (C=O) groups excluding carboxylic acids is 1. The molecule has 0 aliphatic rings. The molecule has 0 fully saturated rings. The van der Waals surface area contributed by atoms with Crippen LogP contribution in [-0.4, -0.2) is 23.7 Å². The van der Waals surface area contributed by atoms with E-state index in [0.29, 0.717) is 13.0 Å². The Balaban J connectivity index is 0.000000300. The van der Waals surface area contributed by atoms with Crippen molar-refractivity contribution >= 4 is 11.9 Å². The molecule has 0 saturated heterocycles. The van der Waals surface area contributed by atoms with Gasteiger partial charge in [-0.15, -0.1) is 0 Å². The first-order chi connectivity index (χ1) is 14.6. The van der Waals surface area contributed by atoms with Crippen molar-refractivity contribution in [3.8, 4) is 0 Å². The lowest BCUT2D eigenvalue weighted by Gasteiger charge is -2.11. The van der Waals surface area contributed by atoms with E-state index in [2.05, 4.69) is 13.8 Å². The van der Waals surface area contributed by atoms with E-state index < -0.39 is 5.97 Å². The van der Waals surface area contributed by atoms with E-state index in [0.717, 1.165) is 56.1 Å². The zero-order chi connectivity index (χ0) is 22.0.